The number of hydrogen-bond acceptors (Lipinski definition) is 3. The fraction of sp³-hybridized carbons (Fsp3) is 0.625. The third-order valence-corrected chi connectivity index (χ3v) is 4.45. The van der Waals surface area contributed by atoms with Crippen LogP contribution in [0.1, 0.15) is 41.3 Å². The van der Waals surface area contributed by atoms with Gasteiger partial charge in [-0.25, -0.2) is 4.98 Å². The minimum absolute atomic E-state index is 0. The average molecular weight is 436 g/mol. The molecule has 0 aliphatic heterocycles. The smallest absolute Gasteiger partial charge is 0.193 e. The number of unbranched alkanes of at least 4 members (excludes halogenated alkanes) is 3. The number of nitrogens with zero attached hydrogens (tertiary/aromatic N) is 3. The summed E-state index contributed by atoms with van der Waals surface area (Å²) in [6.45, 7) is 9.68. The number of hydrogen-bond donors (Lipinski definition) is 1. The molecule has 1 heterocycles. The number of aromatic nitrogens is 1. The van der Waals surface area contributed by atoms with Gasteiger partial charge >= 0.3 is 0 Å². The van der Waals surface area contributed by atoms with Gasteiger partial charge in [0.1, 0.15) is 0 Å². The molecule has 0 fully saturated rings. The maximum absolute atomic E-state index is 4.45. The molecule has 0 amide bonds. The predicted molar refractivity (Wildman–Crippen MR) is 108 cm³/mol. The molecule has 0 aromatic carbocycles. The molecule has 126 valence electrons. The quantitative estimate of drug-likeness (QED) is 0.219. The third-order valence-electron chi connectivity index (χ3n) is 3.38. The largest absolute Gasteiger partial charge is 0.351 e. The Hall–Kier alpha value is -0.630. The lowest BCUT2D eigenvalue weighted by Gasteiger charge is -2.21. The zero-order valence-electron chi connectivity index (χ0n) is 14.2. The highest BCUT2D eigenvalue weighted by molar-refractivity contribution is 14.0. The van der Waals surface area contributed by atoms with Gasteiger partial charge in [-0.15, -0.1) is 41.9 Å². The SMILES string of the molecule is C=CCCCCCN(C)C(=NC)NCc1sc(C)nc1C.I. The first-order valence-electron chi connectivity index (χ1n) is 7.54. The number of aliphatic imine (C=N–C) groups is 1. The van der Waals surface area contributed by atoms with Crippen LogP contribution in [0.4, 0.5) is 0 Å². The van der Waals surface area contributed by atoms with Gasteiger partial charge in [-0.05, 0) is 33.1 Å². The third kappa shape index (κ3) is 7.58. The van der Waals surface area contributed by atoms with E-state index in [9.17, 15) is 0 Å². The maximum atomic E-state index is 4.45. The van der Waals surface area contributed by atoms with E-state index < -0.39 is 0 Å². The summed E-state index contributed by atoms with van der Waals surface area (Å²) >= 11 is 1.75. The van der Waals surface area contributed by atoms with Crippen LogP contribution < -0.4 is 5.32 Å². The average Bonchev–Trinajstić information content (AvgIpc) is 2.77. The van der Waals surface area contributed by atoms with Crippen molar-refractivity contribution >= 4 is 41.3 Å². The molecule has 1 N–H and O–H groups in total. The fourth-order valence-electron chi connectivity index (χ4n) is 2.20. The van der Waals surface area contributed by atoms with Crippen molar-refractivity contribution in [3.63, 3.8) is 0 Å². The molecule has 6 heteroatoms. The fourth-order valence-corrected chi connectivity index (χ4v) is 3.08. The number of allylic oxidation sites excluding steroid dienone is 1. The monoisotopic (exact) mass is 436 g/mol. The first-order chi connectivity index (χ1) is 10.1. The van der Waals surface area contributed by atoms with Crippen LogP contribution in [0.25, 0.3) is 0 Å². The summed E-state index contributed by atoms with van der Waals surface area (Å²) in [5, 5.41) is 4.54. The highest BCUT2D eigenvalue weighted by Gasteiger charge is 2.08. The second kappa shape index (κ2) is 11.9. The topological polar surface area (TPSA) is 40.5 Å². The van der Waals surface area contributed by atoms with Crippen molar-refractivity contribution in [3.05, 3.63) is 28.2 Å². The zero-order valence-corrected chi connectivity index (χ0v) is 17.3. The van der Waals surface area contributed by atoms with Gasteiger partial charge in [0, 0.05) is 25.5 Å². The Kier molecular flexibility index (Phi) is 11.5. The van der Waals surface area contributed by atoms with Crippen molar-refractivity contribution in [2.75, 3.05) is 20.6 Å². The molecular formula is C16H29IN4S. The lowest BCUT2D eigenvalue weighted by molar-refractivity contribution is 0.455. The van der Waals surface area contributed by atoms with E-state index in [1.54, 1.807) is 11.3 Å². The van der Waals surface area contributed by atoms with E-state index in [0.717, 1.165) is 36.2 Å². The van der Waals surface area contributed by atoms with Crippen molar-refractivity contribution in [1.29, 1.82) is 0 Å². The predicted octanol–water partition coefficient (Wildman–Crippen LogP) is 4.13. The summed E-state index contributed by atoms with van der Waals surface area (Å²) in [6.07, 6.45) is 6.75. The van der Waals surface area contributed by atoms with Gasteiger partial charge in [0.15, 0.2) is 5.96 Å². The van der Waals surface area contributed by atoms with Gasteiger partial charge in [0.05, 0.1) is 17.2 Å². The Morgan fingerprint density at radius 1 is 1.36 bits per heavy atom. The molecule has 1 aromatic heterocycles. The number of halogens is 1. The molecule has 0 unspecified atom stereocenters. The number of guanidine groups is 1. The van der Waals surface area contributed by atoms with Gasteiger partial charge < -0.3 is 10.2 Å². The normalized spacial score (nSPS) is 11.0. The molecule has 0 spiro atoms. The molecule has 0 aliphatic carbocycles. The Bertz CT molecular complexity index is 471. The van der Waals surface area contributed by atoms with E-state index in [0.29, 0.717) is 0 Å². The first kappa shape index (κ1) is 21.4. The van der Waals surface area contributed by atoms with Crippen LogP contribution in [0.3, 0.4) is 0 Å². The van der Waals surface area contributed by atoms with E-state index in [1.165, 1.54) is 24.1 Å². The molecule has 1 rings (SSSR count). The summed E-state index contributed by atoms with van der Waals surface area (Å²) in [7, 11) is 3.93. The van der Waals surface area contributed by atoms with Gasteiger partial charge in [-0.3, -0.25) is 4.99 Å². The summed E-state index contributed by atoms with van der Waals surface area (Å²) in [6, 6.07) is 0. The number of thiazole rings is 1. The molecule has 22 heavy (non-hydrogen) atoms. The van der Waals surface area contributed by atoms with Crippen molar-refractivity contribution in [3.8, 4) is 0 Å². The lowest BCUT2D eigenvalue weighted by atomic mass is 10.2. The lowest BCUT2D eigenvalue weighted by Crippen LogP contribution is -2.38. The van der Waals surface area contributed by atoms with Crippen LogP contribution in [0.2, 0.25) is 0 Å². The standard InChI is InChI=1S/C16H28N4S.HI/c1-6-7-8-9-10-11-20(5)16(17-4)18-12-15-13(2)19-14(3)21-15;/h6H,1,7-12H2,2-5H3,(H,17,18);1H. The Labute approximate surface area is 156 Å². The zero-order chi connectivity index (χ0) is 15.7. The Morgan fingerprint density at radius 2 is 2.09 bits per heavy atom. The van der Waals surface area contributed by atoms with Crippen LogP contribution in [0, 0.1) is 13.8 Å². The van der Waals surface area contributed by atoms with Crippen LogP contribution in [-0.2, 0) is 6.54 Å². The molecule has 4 nitrogen and oxygen atoms in total. The first-order valence-corrected chi connectivity index (χ1v) is 8.35. The van der Waals surface area contributed by atoms with E-state index in [1.807, 2.05) is 20.0 Å². The number of nitrogens with one attached hydrogen (secondary N) is 1. The molecule has 0 atom stereocenters. The second-order valence-corrected chi connectivity index (χ2v) is 6.49. The Balaban J connectivity index is 0.00000441. The van der Waals surface area contributed by atoms with Gasteiger partial charge in [0.25, 0.3) is 0 Å². The Morgan fingerprint density at radius 3 is 2.64 bits per heavy atom. The molecule has 0 bridgehead atoms. The molecule has 1 aromatic rings. The minimum atomic E-state index is 0. The van der Waals surface area contributed by atoms with Gasteiger partial charge in [-0.1, -0.05) is 12.5 Å². The number of rotatable bonds is 8. The van der Waals surface area contributed by atoms with Crippen LogP contribution in [0.5, 0.6) is 0 Å². The van der Waals surface area contributed by atoms with Crippen LogP contribution >= 0.6 is 35.3 Å². The number of aryl methyl sites for hydroxylation is 2. The van der Waals surface area contributed by atoms with Crippen LogP contribution in [-0.4, -0.2) is 36.5 Å². The van der Waals surface area contributed by atoms with Crippen molar-refractivity contribution < 1.29 is 0 Å². The van der Waals surface area contributed by atoms with Gasteiger partial charge in [-0.2, -0.15) is 0 Å². The van der Waals surface area contributed by atoms with Crippen molar-refractivity contribution in [1.82, 2.24) is 15.2 Å². The van der Waals surface area contributed by atoms with Crippen LogP contribution in [0.15, 0.2) is 17.6 Å². The van der Waals surface area contributed by atoms with E-state index in [-0.39, 0.29) is 24.0 Å². The second-order valence-electron chi connectivity index (χ2n) is 5.20. The molecule has 0 aliphatic rings. The molecular weight excluding hydrogens is 407 g/mol. The highest BCUT2D eigenvalue weighted by atomic mass is 127. The van der Waals surface area contributed by atoms with E-state index >= 15 is 0 Å². The highest BCUT2D eigenvalue weighted by Crippen LogP contribution is 2.16. The minimum Gasteiger partial charge on any atom is -0.351 e. The van der Waals surface area contributed by atoms with Crippen molar-refractivity contribution in [2.45, 2.75) is 46.1 Å². The molecule has 0 radical (unpaired) electrons. The summed E-state index contributed by atoms with van der Waals surface area (Å²) in [5.74, 6) is 0.948. The van der Waals surface area contributed by atoms with E-state index in [4.69, 9.17) is 0 Å². The van der Waals surface area contributed by atoms with Gasteiger partial charge in [0.2, 0.25) is 0 Å². The van der Waals surface area contributed by atoms with Crippen molar-refractivity contribution in [2.24, 2.45) is 4.99 Å². The summed E-state index contributed by atoms with van der Waals surface area (Å²) < 4.78 is 0. The summed E-state index contributed by atoms with van der Waals surface area (Å²) in [5.41, 5.74) is 1.12. The molecule has 0 saturated heterocycles. The maximum Gasteiger partial charge on any atom is 0.193 e. The van der Waals surface area contributed by atoms with E-state index in [2.05, 4.69) is 40.7 Å². The molecule has 0 saturated carbocycles. The summed E-state index contributed by atoms with van der Waals surface area (Å²) in [4.78, 5) is 12.3.